The van der Waals surface area contributed by atoms with Crippen molar-refractivity contribution < 1.29 is 4.42 Å². The number of aliphatic imine (C=N–C) groups is 1. The molecule has 49 heavy (non-hydrogen) atoms. The number of amidine groups is 1. The Hall–Kier alpha value is -6.23. The number of benzene rings is 8. The number of hydrogen-bond acceptors (Lipinski definition) is 4. The Kier molecular flexibility index (Phi) is 6.36. The van der Waals surface area contributed by atoms with E-state index in [0.717, 1.165) is 55.6 Å². The maximum absolute atomic E-state index is 6.76. The van der Waals surface area contributed by atoms with Gasteiger partial charge in [-0.15, -0.1) is 0 Å². The van der Waals surface area contributed by atoms with Gasteiger partial charge in [-0.05, 0) is 55.6 Å². The van der Waals surface area contributed by atoms with E-state index < -0.39 is 0 Å². The highest BCUT2D eigenvalue weighted by atomic mass is 16.3. The van der Waals surface area contributed by atoms with Crippen molar-refractivity contribution in [1.82, 2.24) is 10.6 Å². The molecule has 1 aliphatic rings. The summed E-state index contributed by atoms with van der Waals surface area (Å²) in [5.41, 5.74) is 7.26. The molecule has 2 atom stereocenters. The molecule has 0 fully saturated rings. The number of hydrogen-bond donors (Lipinski definition) is 2. The van der Waals surface area contributed by atoms with Crippen LogP contribution in [0.4, 0.5) is 0 Å². The van der Waals surface area contributed by atoms with Crippen molar-refractivity contribution in [3.05, 3.63) is 180 Å². The molecule has 8 aromatic carbocycles. The van der Waals surface area contributed by atoms with Gasteiger partial charge in [0.05, 0.1) is 0 Å². The van der Waals surface area contributed by atoms with Crippen LogP contribution in [0.3, 0.4) is 0 Å². The van der Waals surface area contributed by atoms with Crippen LogP contribution in [-0.2, 0) is 0 Å². The lowest BCUT2D eigenvalue weighted by molar-refractivity contribution is 0.411. The van der Waals surface area contributed by atoms with Gasteiger partial charge < -0.3 is 9.73 Å². The lowest BCUT2D eigenvalue weighted by Crippen LogP contribution is -2.45. The summed E-state index contributed by atoms with van der Waals surface area (Å²) >= 11 is 0. The molecule has 0 bridgehead atoms. The summed E-state index contributed by atoms with van der Waals surface area (Å²) in [4.78, 5) is 5.27. The number of nitrogens with zero attached hydrogens (tertiary/aromatic N) is 1. The van der Waals surface area contributed by atoms with Crippen LogP contribution < -0.4 is 10.6 Å². The zero-order chi connectivity index (χ0) is 32.3. The molecule has 4 heteroatoms. The number of nitrogens with one attached hydrogen (secondary N) is 2. The van der Waals surface area contributed by atoms with Crippen LogP contribution >= 0.6 is 0 Å². The standard InChI is InChI=1S/C45H31N3O/c1-2-13-31(14-3-1)43-46-44(36-19-10-15-28-11-4-6-16-33(28)36)48-45(47-43)38-26-25-35(42-41(38)37-18-8-9-20-40(37)49-42)32-24-23-30-22-21-29-12-5-7-17-34(29)39(30)27-32/h1-27,43,45,47H,(H,46,48). The van der Waals surface area contributed by atoms with E-state index in [2.05, 4.69) is 162 Å². The van der Waals surface area contributed by atoms with Gasteiger partial charge in [-0.1, -0.05) is 152 Å². The number of furan rings is 1. The SMILES string of the molecule is c1ccc(C2N=C(c3cccc4ccccc34)NC(c3ccc(-c4ccc5ccc6ccccc6c5c4)c4oc5ccccc5c34)N2)cc1. The average molecular weight is 630 g/mol. The quantitative estimate of drug-likeness (QED) is 0.190. The van der Waals surface area contributed by atoms with E-state index in [1.54, 1.807) is 0 Å². The first-order valence-corrected chi connectivity index (χ1v) is 16.8. The van der Waals surface area contributed by atoms with E-state index in [-0.39, 0.29) is 12.3 Å². The fraction of sp³-hybridized carbons (Fsp3) is 0.0444. The number of para-hydroxylation sites is 1. The molecule has 0 saturated heterocycles. The van der Waals surface area contributed by atoms with Gasteiger partial charge in [0.1, 0.15) is 29.3 Å². The molecule has 0 saturated carbocycles. The van der Waals surface area contributed by atoms with Crippen LogP contribution in [0, 0.1) is 0 Å². The first-order chi connectivity index (χ1) is 24.3. The van der Waals surface area contributed by atoms with Crippen molar-refractivity contribution in [2.45, 2.75) is 12.3 Å². The zero-order valence-corrected chi connectivity index (χ0v) is 26.6. The molecular weight excluding hydrogens is 599 g/mol. The third-order valence-electron chi connectivity index (χ3n) is 9.95. The molecule has 2 N–H and O–H groups in total. The summed E-state index contributed by atoms with van der Waals surface area (Å²) in [6, 6.07) is 58.0. The third kappa shape index (κ3) is 4.61. The predicted octanol–water partition coefficient (Wildman–Crippen LogP) is 11.0. The van der Waals surface area contributed by atoms with Crippen LogP contribution in [-0.4, -0.2) is 5.84 Å². The number of rotatable bonds is 4. The molecule has 1 aromatic heterocycles. The van der Waals surface area contributed by atoms with Gasteiger partial charge in [-0.3, -0.25) is 5.32 Å². The fourth-order valence-corrected chi connectivity index (χ4v) is 7.58. The summed E-state index contributed by atoms with van der Waals surface area (Å²) < 4.78 is 6.76. The lowest BCUT2D eigenvalue weighted by atomic mass is 9.93. The monoisotopic (exact) mass is 629 g/mol. The van der Waals surface area contributed by atoms with Gasteiger partial charge in [0.2, 0.25) is 0 Å². The van der Waals surface area contributed by atoms with E-state index in [1.807, 2.05) is 12.1 Å². The summed E-state index contributed by atoms with van der Waals surface area (Å²) in [5.74, 6) is 0.862. The first kappa shape index (κ1) is 27.8. The Morgan fingerprint density at radius 2 is 1.18 bits per heavy atom. The Morgan fingerprint density at radius 1 is 0.510 bits per heavy atom. The zero-order valence-electron chi connectivity index (χ0n) is 26.6. The molecule has 0 radical (unpaired) electrons. The van der Waals surface area contributed by atoms with Crippen molar-refractivity contribution in [2.75, 3.05) is 0 Å². The highest BCUT2D eigenvalue weighted by molar-refractivity contribution is 6.14. The summed E-state index contributed by atoms with van der Waals surface area (Å²) in [5, 5.41) is 17.2. The molecule has 0 amide bonds. The molecular formula is C45H31N3O. The summed E-state index contributed by atoms with van der Waals surface area (Å²) in [6.45, 7) is 0. The second-order valence-corrected chi connectivity index (χ2v) is 12.8. The van der Waals surface area contributed by atoms with E-state index in [1.165, 1.54) is 32.3 Å². The lowest BCUT2D eigenvalue weighted by Gasteiger charge is -2.33. The normalized spacial score (nSPS) is 16.4. The maximum atomic E-state index is 6.76. The van der Waals surface area contributed by atoms with Crippen LogP contribution in [0.25, 0.3) is 65.4 Å². The molecule has 2 heterocycles. The molecule has 0 spiro atoms. The second kappa shape index (κ2) is 11.2. The van der Waals surface area contributed by atoms with E-state index >= 15 is 0 Å². The summed E-state index contributed by atoms with van der Waals surface area (Å²) in [7, 11) is 0. The smallest absolute Gasteiger partial charge is 0.143 e. The Morgan fingerprint density at radius 3 is 2.04 bits per heavy atom. The molecule has 0 aliphatic carbocycles. The van der Waals surface area contributed by atoms with Gasteiger partial charge in [0.15, 0.2) is 0 Å². The molecule has 2 unspecified atom stereocenters. The minimum Gasteiger partial charge on any atom is -0.455 e. The van der Waals surface area contributed by atoms with Gasteiger partial charge >= 0.3 is 0 Å². The van der Waals surface area contributed by atoms with Crippen molar-refractivity contribution in [3.8, 4) is 11.1 Å². The van der Waals surface area contributed by atoms with Gasteiger partial charge in [-0.25, -0.2) is 4.99 Å². The van der Waals surface area contributed by atoms with Gasteiger partial charge in [0, 0.05) is 27.5 Å². The Bertz CT molecular complexity index is 2740. The topological polar surface area (TPSA) is 49.6 Å². The van der Waals surface area contributed by atoms with Gasteiger partial charge in [-0.2, -0.15) is 0 Å². The molecule has 10 rings (SSSR count). The van der Waals surface area contributed by atoms with Gasteiger partial charge in [0.25, 0.3) is 0 Å². The molecule has 4 nitrogen and oxygen atoms in total. The minimum atomic E-state index is -0.247. The third-order valence-corrected chi connectivity index (χ3v) is 9.95. The highest BCUT2D eigenvalue weighted by Gasteiger charge is 2.29. The number of fused-ring (bicyclic) bond motifs is 7. The van der Waals surface area contributed by atoms with Crippen molar-refractivity contribution in [1.29, 1.82) is 0 Å². The fourth-order valence-electron chi connectivity index (χ4n) is 7.58. The molecule has 1 aliphatic heterocycles. The van der Waals surface area contributed by atoms with Crippen LogP contribution in [0.15, 0.2) is 173 Å². The van der Waals surface area contributed by atoms with Crippen molar-refractivity contribution >= 4 is 60.1 Å². The largest absolute Gasteiger partial charge is 0.455 e. The Labute approximate surface area is 283 Å². The van der Waals surface area contributed by atoms with Crippen LogP contribution in [0.1, 0.15) is 29.0 Å². The Balaban J connectivity index is 1.17. The summed E-state index contributed by atoms with van der Waals surface area (Å²) in [6.07, 6.45) is -0.488. The van der Waals surface area contributed by atoms with E-state index in [0.29, 0.717) is 0 Å². The first-order valence-electron chi connectivity index (χ1n) is 16.8. The average Bonchev–Trinajstić information content (AvgIpc) is 3.57. The molecule has 9 aromatic rings. The van der Waals surface area contributed by atoms with E-state index in [4.69, 9.17) is 9.41 Å². The van der Waals surface area contributed by atoms with Crippen molar-refractivity contribution in [3.63, 3.8) is 0 Å². The highest BCUT2D eigenvalue weighted by Crippen LogP contribution is 2.42. The van der Waals surface area contributed by atoms with Crippen LogP contribution in [0.5, 0.6) is 0 Å². The minimum absolute atomic E-state index is 0.241. The molecule has 232 valence electrons. The second-order valence-electron chi connectivity index (χ2n) is 12.8. The van der Waals surface area contributed by atoms with Crippen molar-refractivity contribution in [2.24, 2.45) is 4.99 Å². The van der Waals surface area contributed by atoms with Crippen LogP contribution in [0.2, 0.25) is 0 Å². The van der Waals surface area contributed by atoms with E-state index in [9.17, 15) is 0 Å². The predicted molar refractivity (Wildman–Crippen MR) is 203 cm³/mol. The maximum Gasteiger partial charge on any atom is 0.143 e.